The van der Waals surface area contributed by atoms with E-state index in [1.165, 1.54) is 0 Å². The maximum Gasteiger partial charge on any atom is 0.121 e. The summed E-state index contributed by atoms with van der Waals surface area (Å²) in [6, 6.07) is 4.97. The molecule has 0 saturated heterocycles. The van der Waals surface area contributed by atoms with E-state index < -0.39 is 0 Å². The van der Waals surface area contributed by atoms with Gasteiger partial charge in [-0.05, 0) is 24.6 Å². The van der Waals surface area contributed by atoms with Crippen molar-refractivity contribution in [1.82, 2.24) is 0 Å². The molecule has 0 unspecified atom stereocenters. The van der Waals surface area contributed by atoms with Crippen LogP contribution in [0.25, 0.3) is 10.4 Å². The first-order valence-corrected chi connectivity index (χ1v) is 3.85. The predicted octanol–water partition coefficient (Wildman–Crippen LogP) is 2.61. The van der Waals surface area contributed by atoms with Gasteiger partial charge < -0.3 is 10.5 Å². The Bertz CT molecular complexity index is 344. The molecule has 0 bridgehead atoms. The second kappa shape index (κ2) is 4.23. The average molecular weight is 178 g/mol. The van der Waals surface area contributed by atoms with Crippen LogP contribution < -0.4 is 10.5 Å². The van der Waals surface area contributed by atoms with Gasteiger partial charge in [-0.15, -0.1) is 0 Å². The zero-order chi connectivity index (χ0) is 9.68. The maximum atomic E-state index is 8.19. The van der Waals surface area contributed by atoms with Crippen LogP contribution in [0.3, 0.4) is 0 Å². The van der Waals surface area contributed by atoms with Crippen molar-refractivity contribution in [3.63, 3.8) is 0 Å². The normalized spacial score (nSPS) is 9.00. The summed E-state index contributed by atoms with van der Waals surface area (Å²) in [6.07, 6.45) is 0. The monoisotopic (exact) mass is 178 g/mol. The molecule has 0 amide bonds. The third kappa shape index (κ3) is 2.28. The molecule has 0 heterocycles. The molecule has 0 fully saturated rings. The van der Waals surface area contributed by atoms with Crippen LogP contribution in [0.15, 0.2) is 23.3 Å². The summed E-state index contributed by atoms with van der Waals surface area (Å²) in [5.74, 6) is 0.678. The van der Waals surface area contributed by atoms with Gasteiger partial charge in [0.2, 0.25) is 0 Å². The highest BCUT2D eigenvalue weighted by molar-refractivity contribution is 5.64. The Morgan fingerprint density at radius 1 is 1.62 bits per heavy atom. The first-order chi connectivity index (χ1) is 6.27. The molecule has 5 heteroatoms. The summed E-state index contributed by atoms with van der Waals surface area (Å²) in [7, 11) is 0. The third-order valence-electron chi connectivity index (χ3n) is 1.46. The zero-order valence-electron chi connectivity index (χ0n) is 7.27. The van der Waals surface area contributed by atoms with Crippen LogP contribution in [0.2, 0.25) is 0 Å². The summed E-state index contributed by atoms with van der Waals surface area (Å²) >= 11 is 0. The van der Waals surface area contributed by atoms with Crippen molar-refractivity contribution >= 4 is 11.4 Å². The van der Waals surface area contributed by atoms with Crippen LogP contribution >= 0.6 is 0 Å². The Morgan fingerprint density at radius 2 is 2.38 bits per heavy atom. The van der Waals surface area contributed by atoms with E-state index >= 15 is 0 Å². The molecular formula is C8H10N4O. The number of rotatable bonds is 3. The SMILES string of the molecule is CCOc1ccc(N=[N+]=[N-])c(N)c1. The molecule has 0 aromatic heterocycles. The summed E-state index contributed by atoms with van der Waals surface area (Å²) in [4.78, 5) is 2.65. The lowest BCUT2D eigenvalue weighted by Gasteiger charge is -2.04. The highest BCUT2D eigenvalue weighted by Crippen LogP contribution is 2.26. The van der Waals surface area contributed by atoms with Crippen molar-refractivity contribution < 1.29 is 4.74 Å². The largest absolute Gasteiger partial charge is 0.494 e. The van der Waals surface area contributed by atoms with Gasteiger partial charge in [-0.1, -0.05) is 5.11 Å². The molecule has 1 aromatic rings. The minimum Gasteiger partial charge on any atom is -0.494 e. The van der Waals surface area contributed by atoms with E-state index in [-0.39, 0.29) is 0 Å². The third-order valence-corrected chi connectivity index (χ3v) is 1.46. The Labute approximate surface area is 75.7 Å². The van der Waals surface area contributed by atoms with Gasteiger partial charge in [0.15, 0.2) is 0 Å². The number of benzene rings is 1. The van der Waals surface area contributed by atoms with Gasteiger partial charge >= 0.3 is 0 Å². The second-order valence-electron chi connectivity index (χ2n) is 2.34. The van der Waals surface area contributed by atoms with Gasteiger partial charge in [0, 0.05) is 16.7 Å². The lowest BCUT2D eigenvalue weighted by molar-refractivity contribution is 0.340. The zero-order valence-corrected chi connectivity index (χ0v) is 7.27. The molecule has 0 aliphatic rings. The van der Waals surface area contributed by atoms with Crippen LogP contribution in [0.1, 0.15) is 6.92 Å². The molecule has 5 nitrogen and oxygen atoms in total. The van der Waals surface area contributed by atoms with Gasteiger partial charge in [-0.25, -0.2) is 0 Å². The summed E-state index contributed by atoms with van der Waals surface area (Å²) in [6.45, 7) is 2.47. The van der Waals surface area contributed by atoms with Gasteiger partial charge in [0.25, 0.3) is 0 Å². The molecule has 68 valence electrons. The van der Waals surface area contributed by atoms with E-state index in [9.17, 15) is 0 Å². The summed E-state index contributed by atoms with van der Waals surface area (Å²) < 4.78 is 5.21. The number of hydrogen-bond donors (Lipinski definition) is 1. The molecule has 1 rings (SSSR count). The molecule has 0 aliphatic heterocycles. The maximum absolute atomic E-state index is 8.19. The van der Waals surface area contributed by atoms with Gasteiger partial charge in [0.05, 0.1) is 12.3 Å². The Morgan fingerprint density at radius 3 is 2.92 bits per heavy atom. The smallest absolute Gasteiger partial charge is 0.121 e. The molecule has 0 aliphatic carbocycles. The number of azide groups is 1. The van der Waals surface area contributed by atoms with Crippen molar-refractivity contribution in [2.75, 3.05) is 12.3 Å². The minimum absolute atomic E-state index is 0.420. The Hall–Kier alpha value is -1.87. The van der Waals surface area contributed by atoms with Gasteiger partial charge in [-0.2, -0.15) is 0 Å². The fourth-order valence-corrected chi connectivity index (χ4v) is 0.928. The van der Waals surface area contributed by atoms with E-state index in [2.05, 4.69) is 10.0 Å². The quantitative estimate of drug-likeness (QED) is 0.334. The average Bonchev–Trinajstić information content (AvgIpc) is 2.10. The molecular weight excluding hydrogens is 168 g/mol. The molecule has 0 radical (unpaired) electrons. The summed E-state index contributed by atoms with van der Waals surface area (Å²) in [5, 5.41) is 3.41. The Balaban J connectivity index is 2.98. The fourth-order valence-electron chi connectivity index (χ4n) is 0.928. The minimum atomic E-state index is 0.420. The van der Waals surface area contributed by atoms with E-state index in [4.69, 9.17) is 16.0 Å². The van der Waals surface area contributed by atoms with Crippen LogP contribution in [0, 0.1) is 0 Å². The topological polar surface area (TPSA) is 84.0 Å². The van der Waals surface area contributed by atoms with Crippen LogP contribution in [0.4, 0.5) is 11.4 Å². The van der Waals surface area contributed by atoms with E-state index in [0.717, 1.165) is 0 Å². The highest BCUT2D eigenvalue weighted by Gasteiger charge is 1.98. The number of nitrogen functional groups attached to an aromatic ring is 1. The molecule has 0 saturated carbocycles. The highest BCUT2D eigenvalue weighted by atomic mass is 16.5. The number of anilines is 1. The lowest BCUT2D eigenvalue weighted by Crippen LogP contribution is -1.92. The lowest BCUT2D eigenvalue weighted by atomic mass is 10.2. The molecule has 1 aromatic carbocycles. The first kappa shape index (κ1) is 9.22. The second-order valence-corrected chi connectivity index (χ2v) is 2.34. The van der Waals surface area contributed by atoms with Gasteiger partial charge in [-0.3, -0.25) is 0 Å². The van der Waals surface area contributed by atoms with E-state index in [1.54, 1.807) is 18.2 Å². The molecule has 0 spiro atoms. The summed E-state index contributed by atoms with van der Waals surface area (Å²) in [5.41, 5.74) is 14.6. The Kier molecular flexibility index (Phi) is 3.00. The van der Waals surface area contributed by atoms with Crippen LogP contribution in [0.5, 0.6) is 5.75 Å². The van der Waals surface area contributed by atoms with Crippen LogP contribution in [-0.4, -0.2) is 6.61 Å². The number of nitrogens with zero attached hydrogens (tertiary/aromatic N) is 3. The molecule has 2 N–H and O–H groups in total. The number of ether oxygens (including phenoxy) is 1. The predicted molar refractivity (Wildman–Crippen MR) is 50.8 cm³/mol. The van der Waals surface area contributed by atoms with Crippen LogP contribution in [-0.2, 0) is 0 Å². The van der Waals surface area contributed by atoms with Gasteiger partial charge in [0.1, 0.15) is 5.75 Å². The number of nitrogens with two attached hydrogens (primary N) is 1. The number of hydrogen-bond acceptors (Lipinski definition) is 3. The molecule has 0 atom stereocenters. The van der Waals surface area contributed by atoms with Crippen molar-refractivity contribution in [3.05, 3.63) is 28.6 Å². The van der Waals surface area contributed by atoms with Crippen molar-refractivity contribution in [2.45, 2.75) is 6.92 Å². The van der Waals surface area contributed by atoms with E-state index in [0.29, 0.717) is 23.7 Å². The van der Waals surface area contributed by atoms with Crippen molar-refractivity contribution in [3.8, 4) is 5.75 Å². The fraction of sp³-hybridized carbons (Fsp3) is 0.250. The molecule has 13 heavy (non-hydrogen) atoms. The standard InChI is InChI=1S/C8H10N4O/c1-2-13-6-3-4-8(11-12-10)7(9)5-6/h3-5H,2,9H2,1H3. The van der Waals surface area contributed by atoms with E-state index in [1.807, 2.05) is 6.92 Å². The van der Waals surface area contributed by atoms with Crippen molar-refractivity contribution in [1.29, 1.82) is 0 Å². The van der Waals surface area contributed by atoms with Crippen molar-refractivity contribution in [2.24, 2.45) is 5.11 Å². The first-order valence-electron chi connectivity index (χ1n) is 3.85.